The Morgan fingerprint density at radius 1 is 1.38 bits per heavy atom. The second-order valence-electron chi connectivity index (χ2n) is 6.59. The minimum atomic E-state index is -0.491. The van der Waals surface area contributed by atoms with E-state index in [9.17, 15) is 9.90 Å². The molecular weight excluding hydrogens is 286 g/mol. The molecule has 0 unspecified atom stereocenters. The van der Waals surface area contributed by atoms with E-state index in [-0.39, 0.29) is 17.9 Å². The van der Waals surface area contributed by atoms with Gasteiger partial charge in [-0.25, -0.2) is 0 Å². The van der Waals surface area contributed by atoms with Gasteiger partial charge in [0, 0.05) is 17.0 Å². The van der Waals surface area contributed by atoms with E-state index >= 15 is 0 Å². The molecule has 0 aliphatic heterocycles. The summed E-state index contributed by atoms with van der Waals surface area (Å²) in [6.07, 6.45) is 0.996. The Morgan fingerprint density at radius 2 is 2.05 bits per heavy atom. The summed E-state index contributed by atoms with van der Waals surface area (Å²) in [6, 6.07) is 7.61. The Balaban J connectivity index is 2.55. The molecule has 0 spiro atoms. The van der Waals surface area contributed by atoms with Crippen LogP contribution in [0.2, 0.25) is 5.02 Å². The minimum absolute atomic E-state index is 0.0277. The van der Waals surface area contributed by atoms with Crippen molar-refractivity contribution >= 4 is 17.5 Å². The summed E-state index contributed by atoms with van der Waals surface area (Å²) >= 11 is 5.98. The maximum absolute atomic E-state index is 12.3. The molecule has 118 valence electrons. The maximum atomic E-state index is 12.3. The monoisotopic (exact) mass is 311 g/mol. The number of hydrogen-bond acceptors (Lipinski definition) is 2. The van der Waals surface area contributed by atoms with Crippen molar-refractivity contribution in [2.45, 2.75) is 46.6 Å². The standard InChI is InChI=1S/C17H26ClNO2/c1-12(8-13(2)20)11-19-16(21)17(3,4)10-14-6-5-7-15(18)9-14/h5-7,9,12-13,20H,8,10-11H2,1-4H3,(H,19,21)/t12-,13-/m0/s1. The van der Waals surface area contributed by atoms with Crippen LogP contribution in [0, 0.1) is 11.3 Å². The second kappa shape index (κ2) is 7.81. The molecular formula is C17H26ClNO2. The van der Waals surface area contributed by atoms with Gasteiger partial charge in [0.15, 0.2) is 0 Å². The predicted molar refractivity (Wildman–Crippen MR) is 87.4 cm³/mol. The van der Waals surface area contributed by atoms with Crippen LogP contribution < -0.4 is 5.32 Å². The van der Waals surface area contributed by atoms with E-state index < -0.39 is 5.41 Å². The van der Waals surface area contributed by atoms with E-state index in [2.05, 4.69) is 5.32 Å². The van der Waals surface area contributed by atoms with Gasteiger partial charge in [-0.15, -0.1) is 0 Å². The average Bonchev–Trinajstić information content (AvgIpc) is 2.34. The molecule has 3 nitrogen and oxygen atoms in total. The van der Waals surface area contributed by atoms with Crippen LogP contribution in [0.25, 0.3) is 0 Å². The lowest BCUT2D eigenvalue weighted by Crippen LogP contribution is -2.40. The van der Waals surface area contributed by atoms with Crippen LogP contribution in [-0.4, -0.2) is 23.7 Å². The normalized spacial score (nSPS) is 14.6. The summed E-state index contributed by atoms with van der Waals surface area (Å²) in [7, 11) is 0. The van der Waals surface area contributed by atoms with E-state index in [0.29, 0.717) is 24.4 Å². The van der Waals surface area contributed by atoms with Crippen molar-refractivity contribution in [3.8, 4) is 0 Å². The lowest BCUT2D eigenvalue weighted by atomic mass is 9.84. The third kappa shape index (κ3) is 6.49. The van der Waals surface area contributed by atoms with Crippen LogP contribution in [0.5, 0.6) is 0 Å². The summed E-state index contributed by atoms with van der Waals surface area (Å²) in [5.74, 6) is 0.288. The van der Waals surface area contributed by atoms with Crippen molar-refractivity contribution in [3.63, 3.8) is 0 Å². The van der Waals surface area contributed by atoms with E-state index in [4.69, 9.17) is 11.6 Å². The number of carbonyl (C=O) groups is 1. The van der Waals surface area contributed by atoms with E-state index in [0.717, 1.165) is 5.56 Å². The molecule has 0 saturated carbocycles. The number of halogens is 1. The molecule has 21 heavy (non-hydrogen) atoms. The fourth-order valence-corrected chi connectivity index (χ4v) is 2.62. The van der Waals surface area contributed by atoms with Crippen LogP contribution in [0.3, 0.4) is 0 Å². The summed E-state index contributed by atoms with van der Waals surface area (Å²) in [6.45, 7) is 8.24. The molecule has 2 atom stereocenters. The molecule has 0 heterocycles. The SMILES string of the molecule is C[C@H](CNC(=O)C(C)(C)Cc1cccc(Cl)c1)C[C@H](C)O. The average molecular weight is 312 g/mol. The Morgan fingerprint density at radius 3 is 2.62 bits per heavy atom. The first kappa shape index (κ1) is 18.0. The van der Waals surface area contributed by atoms with Crippen molar-refractivity contribution < 1.29 is 9.90 Å². The number of benzene rings is 1. The Kier molecular flexibility index (Phi) is 6.69. The first-order chi connectivity index (χ1) is 9.70. The van der Waals surface area contributed by atoms with Crippen molar-refractivity contribution in [3.05, 3.63) is 34.9 Å². The van der Waals surface area contributed by atoms with Gasteiger partial charge in [0.2, 0.25) is 5.91 Å². The summed E-state index contributed by atoms with van der Waals surface area (Å²) in [4.78, 5) is 12.3. The molecule has 1 amide bonds. The zero-order valence-electron chi connectivity index (χ0n) is 13.3. The number of aliphatic hydroxyl groups excluding tert-OH is 1. The maximum Gasteiger partial charge on any atom is 0.226 e. The molecule has 0 aliphatic carbocycles. The van der Waals surface area contributed by atoms with Gasteiger partial charge in [-0.05, 0) is 43.4 Å². The quantitative estimate of drug-likeness (QED) is 0.810. The molecule has 0 bridgehead atoms. The molecule has 1 aromatic carbocycles. The number of rotatable bonds is 7. The molecule has 0 radical (unpaired) electrons. The summed E-state index contributed by atoms with van der Waals surface area (Å²) < 4.78 is 0. The number of carbonyl (C=O) groups excluding carboxylic acids is 1. The topological polar surface area (TPSA) is 49.3 Å². The third-order valence-electron chi connectivity index (χ3n) is 3.50. The number of hydrogen-bond donors (Lipinski definition) is 2. The second-order valence-corrected chi connectivity index (χ2v) is 7.03. The first-order valence-electron chi connectivity index (χ1n) is 7.41. The van der Waals surface area contributed by atoms with E-state index in [1.54, 1.807) is 6.92 Å². The molecule has 0 saturated heterocycles. The highest BCUT2D eigenvalue weighted by molar-refractivity contribution is 6.30. The van der Waals surface area contributed by atoms with Crippen LogP contribution in [-0.2, 0) is 11.2 Å². The molecule has 0 aliphatic rings. The van der Waals surface area contributed by atoms with Crippen molar-refractivity contribution in [2.75, 3.05) is 6.54 Å². The highest BCUT2D eigenvalue weighted by Gasteiger charge is 2.28. The van der Waals surface area contributed by atoms with Crippen LogP contribution in [0.4, 0.5) is 0 Å². The molecule has 0 aromatic heterocycles. The van der Waals surface area contributed by atoms with Crippen molar-refractivity contribution in [1.82, 2.24) is 5.32 Å². The predicted octanol–water partition coefficient (Wildman–Crippen LogP) is 3.43. The summed E-state index contributed by atoms with van der Waals surface area (Å²) in [5.41, 5.74) is 0.564. The first-order valence-corrected chi connectivity index (χ1v) is 7.79. The van der Waals surface area contributed by atoms with Gasteiger partial charge in [0.1, 0.15) is 0 Å². The lowest BCUT2D eigenvalue weighted by molar-refractivity contribution is -0.129. The zero-order valence-corrected chi connectivity index (χ0v) is 14.1. The Hall–Kier alpha value is -1.06. The fraction of sp³-hybridized carbons (Fsp3) is 0.588. The van der Waals surface area contributed by atoms with E-state index in [1.807, 2.05) is 45.0 Å². The molecule has 4 heteroatoms. The highest BCUT2D eigenvalue weighted by atomic mass is 35.5. The van der Waals surface area contributed by atoms with Crippen LogP contribution >= 0.6 is 11.6 Å². The van der Waals surface area contributed by atoms with Crippen molar-refractivity contribution in [1.29, 1.82) is 0 Å². The minimum Gasteiger partial charge on any atom is -0.393 e. The largest absolute Gasteiger partial charge is 0.393 e. The van der Waals surface area contributed by atoms with Gasteiger partial charge < -0.3 is 10.4 Å². The van der Waals surface area contributed by atoms with Crippen molar-refractivity contribution in [2.24, 2.45) is 11.3 Å². The van der Waals surface area contributed by atoms with Gasteiger partial charge >= 0.3 is 0 Å². The van der Waals surface area contributed by atoms with Gasteiger partial charge in [0.25, 0.3) is 0 Å². The van der Waals surface area contributed by atoms with Crippen LogP contribution in [0.15, 0.2) is 24.3 Å². The smallest absolute Gasteiger partial charge is 0.226 e. The van der Waals surface area contributed by atoms with Crippen LogP contribution in [0.1, 0.15) is 39.7 Å². The van der Waals surface area contributed by atoms with Gasteiger partial charge in [-0.3, -0.25) is 4.79 Å². The number of nitrogens with one attached hydrogen (secondary N) is 1. The lowest BCUT2D eigenvalue weighted by Gasteiger charge is -2.25. The zero-order chi connectivity index (χ0) is 16.0. The fourth-order valence-electron chi connectivity index (χ4n) is 2.41. The number of aliphatic hydroxyl groups is 1. The van der Waals surface area contributed by atoms with Gasteiger partial charge in [-0.1, -0.05) is 44.5 Å². The molecule has 2 N–H and O–H groups in total. The Labute approximate surface area is 132 Å². The highest BCUT2D eigenvalue weighted by Crippen LogP contribution is 2.24. The van der Waals surface area contributed by atoms with E-state index in [1.165, 1.54) is 0 Å². The van der Waals surface area contributed by atoms with Gasteiger partial charge in [-0.2, -0.15) is 0 Å². The Bertz CT molecular complexity index is 472. The molecule has 1 rings (SSSR count). The molecule has 0 fully saturated rings. The third-order valence-corrected chi connectivity index (χ3v) is 3.74. The molecule has 1 aromatic rings. The van der Waals surface area contributed by atoms with Gasteiger partial charge in [0.05, 0.1) is 6.10 Å². The number of amides is 1. The summed E-state index contributed by atoms with van der Waals surface area (Å²) in [5, 5.41) is 13.0.